The summed E-state index contributed by atoms with van der Waals surface area (Å²) in [6, 6.07) is 0. The number of aliphatic carboxylic acids is 5. The van der Waals surface area contributed by atoms with Crippen molar-refractivity contribution in [3.8, 4) is 0 Å². The smallest absolute Gasteiger partial charge is 0.319 e. The van der Waals surface area contributed by atoms with Crippen LogP contribution in [0.25, 0.3) is 0 Å². The molecule has 34 heavy (non-hydrogen) atoms. The van der Waals surface area contributed by atoms with Gasteiger partial charge in [-0.25, -0.2) is 0 Å². The van der Waals surface area contributed by atoms with E-state index < -0.39 is 67.2 Å². The van der Waals surface area contributed by atoms with Gasteiger partial charge in [0.1, 0.15) is 5.41 Å². The Morgan fingerprint density at radius 2 is 0.853 bits per heavy atom. The van der Waals surface area contributed by atoms with E-state index in [2.05, 4.69) is 4.74 Å². The fourth-order valence-corrected chi connectivity index (χ4v) is 0.975. The van der Waals surface area contributed by atoms with Gasteiger partial charge in [0.15, 0.2) is 0 Å². The number of aliphatic hydroxyl groups excluding tert-OH is 4. The normalized spacial score (nSPS) is 9.35. The van der Waals surface area contributed by atoms with E-state index in [-0.39, 0.29) is 6.61 Å². The minimum Gasteiger partial charge on any atom is -0.481 e. The second-order valence-electron chi connectivity index (χ2n) is 5.49. The van der Waals surface area contributed by atoms with Crippen LogP contribution in [0.15, 0.2) is 0 Å². The number of carboxylic acids is 5. The van der Waals surface area contributed by atoms with Crippen LogP contribution in [0.3, 0.4) is 0 Å². The van der Waals surface area contributed by atoms with E-state index in [1.54, 1.807) is 6.92 Å². The van der Waals surface area contributed by atoms with Crippen LogP contribution in [-0.2, 0) is 33.5 Å². The lowest BCUT2D eigenvalue weighted by atomic mass is 9.84. The van der Waals surface area contributed by atoms with Gasteiger partial charge >= 0.3 is 5.97 Å². The highest BCUT2D eigenvalue weighted by Gasteiger charge is 2.45. The van der Waals surface area contributed by atoms with Crippen molar-refractivity contribution in [2.45, 2.75) is 47.6 Å². The summed E-state index contributed by atoms with van der Waals surface area (Å²) in [4.78, 5) is 56.3. The first-order valence-electron chi connectivity index (χ1n) is 8.90. The van der Waals surface area contributed by atoms with Crippen LogP contribution in [0.2, 0.25) is 0 Å². The lowest BCUT2D eigenvalue weighted by Crippen LogP contribution is -2.51. The van der Waals surface area contributed by atoms with Gasteiger partial charge in [-0.3, -0.25) is 28.8 Å². The lowest BCUT2D eigenvalue weighted by molar-refractivity contribution is -0.174. The fourth-order valence-electron chi connectivity index (χ4n) is 0.975. The molecule has 0 amide bonds. The fraction of sp³-hybridized carbons (Fsp3) is 0.667. The van der Waals surface area contributed by atoms with Gasteiger partial charge in [0.2, 0.25) is 0 Å². The summed E-state index contributed by atoms with van der Waals surface area (Å²) in [5.41, 5.74) is -1.84. The maximum Gasteiger partial charge on any atom is 0.319 e. The average molecular weight is 508 g/mol. The van der Waals surface area contributed by atoms with Gasteiger partial charge in [-0.15, -0.1) is 0 Å². The largest absolute Gasteiger partial charge is 0.481 e. The molecule has 0 aliphatic rings. The Morgan fingerprint density at radius 3 is 0.971 bits per heavy atom. The summed E-state index contributed by atoms with van der Waals surface area (Å²) >= 11 is 0. The van der Waals surface area contributed by atoms with Gasteiger partial charge in [0.25, 0.3) is 29.8 Å². The van der Waals surface area contributed by atoms with E-state index in [0.29, 0.717) is 0 Å². The Kier molecular flexibility index (Phi) is 38.7. The first-order valence-corrected chi connectivity index (χ1v) is 8.90. The number of hydrogen-bond acceptors (Lipinski definition) is 11. The molecule has 0 saturated heterocycles. The molecule has 9 N–H and O–H groups in total. The Balaban J connectivity index is -0.0000000805. The first-order chi connectivity index (χ1) is 15.2. The lowest BCUT2D eigenvalue weighted by Gasteiger charge is -2.30. The summed E-state index contributed by atoms with van der Waals surface area (Å²) in [6.45, 7) is 4.73. The van der Waals surface area contributed by atoms with Crippen molar-refractivity contribution in [3.63, 3.8) is 0 Å². The molecule has 1 unspecified atom stereocenters. The van der Waals surface area contributed by atoms with Crippen LogP contribution in [0.4, 0.5) is 0 Å². The first kappa shape index (κ1) is 44.4. The van der Waals surface area contributed by atoms with Crippen LogP contribution in [0, 0.1) is 5.41 Å². The van der Waals surface area contributed by atoms with Crippen molar-refractivity contribution in [2.24, 2.45) is 5.41 Å². The van der Waals surface area contributed by atoms with E-state index in [0.717, 1.165) is 34.6 Å². The number of carbonyl (C=O) groups excluding carboxylic acids is 1. The standard InChI is InChI=1S/C8H16O6.5C2H4O2/c1-2-14-7(13)8(4-10,5-11)6(12)3-9;5*1-2(3)4/h6,9-12H,2-5H2,1H3;5*1H3,(H,3,4). The molecule has 0 aliphatic carbocycles. The van der Waals surface area contributed by atoms with Crippen LogP contribution in [0.5, 0.6) is 0 Å². The third-order valence-electron chi connectivity index (χ3n) is 2.06. The quantitative estimate of drug-likeness (QED) is 0.181. The van der Waals surface area contributed by atoms with Gasteiger partial charge < -0.3 is 50.7 Å². The third-order valence-corrected chi connectivity index (χ3v) is 2.06. The summed E-state index contributed by atoms with van der Waals surface area (Å²) in [7, 11) is 0. The highest BCUT2D eigenvalue weighted by molar-refractivity contribution is 5.78. The van der Waals surface area contributed by atoms with Gasteiger partial charge in [0.05, 0.1) is 32.5 Å². The number of carboxylic acid groups (broad SMARTS) is 5. The Hall–Kier alpha value is -3.34. The van der Waals surface area contributed by atoms with E-state index in [1.807, 2.05) is 0 Å². The maximum absolute atomic E-state index is 11.3. The zero-order chi connectivity index (χ0) is 29.1. The van der Waals surface area contributed by atoms with Crippen LogP contribution < -0.4 is 0 Å². The van der Waals surface area contributed by atoms with E-state index >= 15 is 0 Å². The molecule has 0 aliphatic heterocycles. The van der Waals surface area contributed by atoms with E-state index in [4.69, 9.17) is 64.8 Å². The number of hydrogen-bond donors (Lipinski definition) is 9. The number of ether oxygens (including phenoxy) is 1. The number of rotatable bonds is 6. The number of aliphatic hydroxyl groups is 4. The molecule has 16 heteroatoms. The van der Waals surface area contributed by atoms with Crippen molar-refractivity contribution in [1.82, 2.24) is 0 Å². The molecule has 0 spiro atoms. The minimum atomic E-state index is -1.84. The van der Waals surface area contributed by atoms with Gasteiger partial charge in [-0.05, 0) is 6.92 Å². The van der Waals surface area contributed by atoms with Crippen LogP contribution >= 0.6 is 0 Å². The molecule has 0 heterocycles. The van der Waals surface area contributed by atoms with Gasteiger partial charge in [-0.2, -0.15) is 0 Å². The molecule has 0 bridgehead atoms. The Labute approximate surface area is 195 Å². The third kappa shape index (κ3) is 56.7. The highest BCUT2D eigenvalue weighted by atomic mass is 16.5. The SMILES string of the molecule is CC(=O)O.CC(=O)O.CC(=O)O.CC(=O)O.CC(=O)O.CCOC(=O)C(CO)(CO)C(O)CO. The van der Waals surface area contributed by atoms with Crippen molar-refractivity contribution in [3.05, 3.63) is 0 Å². The maximum atomic E-state index is 11.3. The molecular weight excluding hydrogens is 472 g/mol. The molecule has 16 nitrogen and oxygen atoms in total. The predicted octanol–water partition coefficient (Wildman–Crippen LogP) is -1.67. The minimum absolute atomic E-state index is 0.0682. The Bertz CT molecular complexity index is 479. The van der Waals surface area contributed by atoms with Crippen molar-refractivity contribution < 1.29 is 79.5 Å². The van der Waals surface area contributed by atoms with E-state index in [1.165, 1.54) is 0 Å². The number of carbonyl (C=O) groups is 6. The molecule has 0 radical (unpaired) electrons. The van der Waals surface area contributed by atoms with Crippen LogP contribution in [-0.4, -0.2) is 114 Å². The molecule has 0 fully saturated rings. The Morgan fingerprint density at radius 1 is 0.647 bits per heavy atom. The topological polar surface area (TPSA) is 294 Å². The molecular formula is C18H36O16. The highest BCUT2D eigenvalue weighted by Crippen LogP contribution is 2.23. The number of esters is 1. The zero-order valence-corrected chi connectivity index (χ0v) is 19.8. The molecule has 0 saturated carbocycles. The van der Waals surface area contributed by atoms with E-state index in [9.17, 15) is 9.90 Å². The summed E-state index contributed by atoms with van der Waals surface area (Å²) in [5.74, 6) is -5.09. The second kappa shape index (κ2) is 29.7. The van der Waals surface area contributed by atoms with Crippen molar-refractivity contribution in [1.29, 1.82) is 0 Å². The van der Waals surface area contributed by atoms with Crippen LogP contribution in [0.1, 0.15) is 41.5 Å². The van der Waals surface area contributed by atoms with Gasteiger partial charge in [-0.1, -0.05) is 0 Å². The average Bonchev–Trinajstić information content (AvgIpc) is 2.61. The molecule has 204 valence electrons. The molecule has 0 aromatic rings. The monoisotopic (exact) mass is 508 g/mol. The molecule has 0 rings (SSSR count). The second-order valence-corrected chi connectivity index (χ2v) is 5.49. The molecule has 0 aromatic carbocycles. The molecule has 1 atom stereocenters. The summed E-state index contributed by atoms with van der Waals surface area (Å²) in [5, 5.41) is 72.9. The van der Waals surface area contributed by atoms with Crippen molar-refractivity contribution in [2.75, 3.05) is 26.4 Å². The molecule has 0 aromatic heterocycles. The zero-order valence-electron chi connectivity index (χ0n) is 19.8. The van der Waals surface area contributed by atoms with Gasteiger partial charge in [0, 0.05) is 34.6 Å². The summed E-state index contributed by atoms with van der Waals surface area (Å²) < 4.78 is 4.58. The summed E-state index contributed by atoms with van der Waals surface area (Å²) in [6.07, 6.45) is -1.54. The predicted molar refractivity (Wildman–Crippen MR) is 113 cm³/mol. The van der Waals surface area contributed by atoms with Crippen molar-refractivity contribution >= 4 is 35.8 Å².